The zero-order valence-corrected chi connectivity index (χ0v) is 19.8. The molecule has 10 heteroatoms. The predicted octanol–water partition coefficient (Wildman–Crippen LogP) is 8.49. The summed E-state index contributed by atoms with van der Waals surface area (Å²) in [7, 11) is 0. The minimum absolute atomic E-state index is 0.0974. The van der Waals surface area contributed by atoms with Gasteiger partial charge in [-0.3, -0.25) is 0 Å². The highest BCUT2D eigenvalue weighted by Gasteiger charge is 2.41. The van der Waals surface area contributed by atoms with Crippen molar-refractivity contribution in [3.05, 3.63) is 94.1 Å². The molecule has 0 aromatic heterocycles. The standard InChI is InChI=1S/C27H24F8O2/c1-2-3-4-5-17-12-20(28)24(21(29)13-17)27(34,35)37-19-10-8-16(9-11-19)6-7-18-14-22(30)25(23(31)15-18)36-26(32)33/h8-15,26H,2-7H2,1H3. The molecule has 0 bridgehead atoms. The lowest BCUT2D eigenvalue weighted by molar-refractivity contribution is -0.189. The van der Waals surface area contributed by atoms with Crippen LogP contribution in [0.2, 0.25) is 0 Å². The fraction of sp³-hybridized carbons (Fsp3) is 0.333. The van der Waals surface area contributed by atoms with E-state index in [9.17, 15) is 35.1 Å². The molecule has 37 heavy (non-hydrogen) atoms. The van der Waals surface area contributed by atoms with E-state index in [2.05, 4.69) is 9.47 Å². The molecule has 0 unspecified atom stereocenters. The predicted molar refractivity (Wildman–Crippen MR) is 121 cm³/mol. The molecule has 0 heterocycles. The molecule has 2 nitrogen and oxygen atoms in total. The first-order valence-corrected chi connectivity index (χ1v) is 11.6. The Balaban J connectivity index is 1.65. The van der Waals surface area contributed by atoms with Crippen LogP contribution in [-0.4, -0.2) is 6.61 Å². The van der Waals surface area contributed by atoms with Crippen LogP contribution in [-0.2, 0) is 25.4 Å². The van der Waals surface area contributed by atoms with Crippen LogP contribution < -0.4 is 9.47 Å². The van der Waals surface area contributed by atoms with E-state index in [0.29, 0.717) is 18.4 Å². The Morgan fingerprint density at radius 2 is 1.22 bits per heavy atom. The number of rotatable bonds is 12. The maximum atomic E-state index is 14.6. The number of benzene rings is 3. The van der Waals surface area contributed by atoms with Crippen molar-refractivity contribution in [3.63, 3.8) is 0 Å². The smallest absolute Gasteiger partial charge is 0.429 e. The van der Waals surface area contributed by atoms with Crippen LogP contribution in [0.15, 0.2) is 48.5 Å². The van der Waals surface area contributed by atoms with Gasteiger partial charge in [0.2, 0.25) is 0 Å². The zero-order chi connectivity index (χ0) is 27.2. The van der Waals surface area contributed by atoms with Gasteiger partial charge in [0.05, 0.1) is 0 Å². The van der Waals surface area contributed by atoms with Crippen LogP contribution in [0.25, 0.3) is 0 Å². The Kier molecular flexibility index (Phi) is 9.39. The van der Waals surface area contributed by atoms with E-state index in [1.54, 1.807) is 0 Å². The number of alkyl halides is 4. The molecule has 3 rings (SSSR count). The zero-order valence-electron chi connectivity index (χ0n) is 19.8. The molecule has 0 aliphatic heterocycles. The van der Waals surface area contributed by atoms with E-state index >= 15 is 0 Å². The molecule has 3 aromatic carbocycles. The van der Waals surface area contributed by atoms with Crippen molar-refractivity contribution in [3.8, 4) is 11.5 Å². The number of halogens is 8. The average molecular weight is 532 g/mol. The van der Waals surface area contributed by atoms with E-state index in [4.69, 9.17) is 0 Å². The Labute approximate surface area is 208 Å². The van der Waals surface area contributed by atoms with Crippen molar-refractivity contribution in [2.24, 2.45) is 0 Å². The summed E-state index contributed by atoms with van der Waals surface area (Å²) in [5, 5.41) is 0. The van der Waals surface area contributed by atoms with Gasteiger partial charge in [0, 0.05) is 0 Å². The molecule has 0 atom stereocenters. The quantitative estimate of drug-likeness (QED) is 0.172. The third-order valence-electron chi connectivity index (χ3n) is 5.60. The van der Waals surface area contributed by atoms with E-state index in [1.807, 2.05) is 6.92 Å². The number of ether oxygens (including phenoxy) is 2. The van der Waals surface area contributed by atoms with Crippen LogP contribution in [0.4, 0.5) is 35.1 Å². The van der Waals surface area contributed by atoms with E-state index < -0.39 is 47.3 Å². The summed E-state index contributed by atoms with van der Waals surface area (Å²) >= 11 is 0. The van der Waals surface area contributed by atoms with Gasteiger partial charge in [-0.2, -0.15) is 17.6 Å². The summed E-state index contributed by atoms with van der Waals surface area (Å²) < 4.78 is 119. The molecule has 0 amide bonds. The second-order valence-corrected chi connectivity index (χ2v) is 8.42. The van der Waals surface area contributed by atoms with E-state index in [1.165, 1.54) is 24.3 Å². The lowest BCUT2D eigenvalue weighted by Crippen LogP contribution is -2.25. The Hall–Kier alpha value is -3.30. The van der Waals surface area contributed by atoms with Crippen LogP contribution >= 0.6 is 0 Å². The van der Waals surface area contributed by atoms with Crippen molar-refractivity contribution in [2.45, 2.75) is 58.2 Å². The SMILES string of the molecule is CCCCCc1cc(F)c(C(F)(F)Oc2ccc(CCc3cc(F)c(OC(F)F)c(F)c3)cc2)c(F)c1. The average Bonchev–Trinajstić information content (AvgIpc) is 2.80. The van der Waals surface area contributed by atoms with Crippen LogP contribution in [0, 0.1) is 23.3 Å². The number of unbranched alkanes of at least 4 members (excludes halogenated alkanes) is 2. The minimum atomic E-state index is -4.28. The van der Waals surface area contributed by atoms with Gasteiger partial charge < -0.3 is 9.47 Å². The van der Waals surface area contributed by atoms with Gasteiger partial charge in [0.1, 0.15) is 22.9 Å². The summed E-state index contributed by atoms with van der Waals surface area (Å²) in [6.45, 7) is -1.42. The maximum absolute atomic E-state index is 14.6. The lowest BCUT2D eigenvalue weighted by Gasteiger charge is -2.20. The van der Waals surface area contributed by atoms with Crippen LogP contribution in [0.1, 0.15) is 48.4 Å². The third-order valence-corrected chi connectivity index (χ3v) is 5.60. The van der Waals surface area contributed by atoms with E-state index in [0.717, 1.165) is 37.1 Å². The number of aryl methyl sites for hydroxylation is 3. The Morgan fingerprint density at radius 3 is 1.76 bits per heavy atom. The van der Waals surface area contributed by atoms with Gasteiger partial charge in [-0.1, -0.05) is 31.9 Å². The Morgan fingerprint density at radius 1 is 0.703 bits per heavy atom. The summed E-state index contributed by atoms with van der Waals surface area (Å²) in [5.41, 5.74) is -0.479. The van der Waals surface area contributed by atoms with E-state index in [-0.39, 0.29) is 29.7 Å². The van der Waals surface area contributed by atoms with Gasteiger partial charge in [0.15, 0.2) is 17.4 Å². The second kappa shape index (κ2) is 12.3. The van der Waals surface area contributed by atoms with Gasteiger partial charge in [-0.25, -0.2) is 17.6 Å². The molecule has 3 aromatic rings. The summed E-state index contributed by atoms with van der Waals surface area (Å²) in [4.78, 5) is 0. The number of hydrogen-bond acceptors (Lipinski definition) is 2. The molecule has 0 N–H and O–H groups in total. The van der Waals surface area contributed by atoms with Crippen molar-refractivity contribution < 1.29 is 44.6 Å². The highest BCUT2D eigenvalue weighted by molar-refractivity contribution is 5.34. The molecule has 0 saturated heterocycles. The van der Waals surface area contributed by atoms with Crippen LogP contribution in [0.5, 0.6) is 11.5 Å². The normalized spacial score (nSPS) is 11.7. The topological polar surface area (TPSA) is 18.5 Å². The molecule has 0 spiro atoms. The fourth-order valence-corrected chi connectivity index (χ4v) is 3.80. The molecule has 0 aliphatic rings. The number of hydrogen-bond donors (Lipinski definition) is 0. The largest absolute Gasteiger partial charge is 0.432 e. The van der Waals surface area contributed by atoms with Gasteiger partial charge >= 0.3 is 12.7 Å². The monoisotopic (exact) mass is 532 g/mol. The van der Waals surface area contributed by atoms with Crippen molar-refractivity contribution in [1.82, 2.24) is 0 Å². The maximum Gasteiger partial charge on any atom is 0.432 e. The van der Waals surface area contributed by atoms with Crippen molar-refractivity contribution in [2.75, 3.05) is 0 Å². The molecular formula is C27H24F8O2. The first kappa shape index (κ1) is 28.3. The summed E-state index contributed by atoms with van der Waals surface area (Å²) in [6.07, 6.45) is -1.19. The van der Waals surface area contributed by atoms with Crippen molar-refractivity contribution in [1.29, 1.82) is 0 Å². The third kappa shape index (κ3) is 7.60. The highest BCUT2D eigenvalue weighted by atomic mass is 19.3. The molecule has 0 fully saturated rings. The fourth-order valence-electron chi connectivity index (χ4n) is 3.80. The molecular weight excluding hydrogens is 508 g/mol. The first-order valence-electron chi connectivity index (χ1n) is 11.6. The minimum Gasteiger partial charge on any atom is -0.429 e. The lowest BCUT2D eigenvalue weighted by atomic mass is 10.0. The van der Waals surface area contributed by atoms with Gasteiger partial charge in [0.25, 0.3) is 0 Å². The molecule has 0 aliphatic carbocycles. The summed E-state index contributed by atoms with van der Waals surface area (Å²) in [5.74, 6) is -6.91. The van der Waals surface area contributed by atoms with Gasteiger partial charge in [-0.05, 0) is 78.8 Å². The molecule has 200 valence electrons. The van der Waals surface area contributed by atoms with Crippen LogP contribution in [0.3, 0.4) is 0 Å². The highest BCUT2D eigenvalue weighted by Crippen LogP contribution is 2.36. The first-order chi connectivity index (χ1) is 17.5. The van der Waals surface area contributed by atoms with Gasteiger partial charge in [-0.15, -0.1) is 0 Å². The molecule has 0 saturated carbocycles. The summed E-state index contributed by atoms with van der Waals surface area (Å²) in [6, 6.07) is 8.61. The van der Waals surface area contributed by atoms with Crippen molar-refractivity contribution >= 4 is 0 Å². The Bertz CT molecular complexity index is 1150. The molecule has 0 radical (unpaired) electrons. The second-order valence-electron chi connectivity index (χ2n) is 8.42.